The molecule has 1 aliphatic carbocycles. The molecule has 4 rings (SSSR count). The number of carbonyl (C=O) groups is 2. The summed E-state index contributed by atoms with van der Waals surface area (Å²) < 4.78 is 0. The van der Waals surface area contributed by atoms with Crippen molar-refractivity contribution in [3.8, 4) is 11.3 Å². The van der Waals surface area contributed by atoms with Crippen LogP contribution in [0.1, 0.15) is 29.6 Å². The van der Waals surface area contributed by atoms with Crippen LogP contribution < -0.4 is 10.6 Å². The molecule has 1 heterocycles. The summed E-state index contributed by atoms with van der Waals surface area (Å²) in [5, 5.41) is 8.33. The number of hydrogen-bond donors (Lipinski definition) is 2. The number of nitrogens with one attached hydrogen (secondary N) is 2. The molecule has 5 nitrogen and oxygen atoms in total. The fourth-order valence-corrected chi connectivity index (χ4v) is 3.58. The summed E-state index contributed by atoms with van der Waals surface area (Å²) in [6.45, 7) is 0. The Morgan fingerprint density at radius 1 is 0.963 bits per heavy atom. The van der Waals surface area contributed by atoms with Crippen LogP contribution in [0.2, 0.25) is 0 Å². The van der Waals surface area contributed by atoms with Crippen LogP contribution in [-0.4, -0.2) is 16.8 Å². The van der Waals surface area contributed by atoms with E-state index in [1.165, 1.54) is 11.3 Å². The summed E-state index contributed by atoms with van der Waals surface area (Å²) >= 11 is 1.42. The first-order chi connectivity index (χ1) is 13.2. The van der Waals surface area contributed by atoms with Crippen molar-refractivity contribution in [3.63, 3.8) is 0 Å². The van der Waals surface area contributed by atoms with E-state index in [0.717, 1.165) is 36.2 Å². The monoisotopic (exact) mass is 377 g/mol. The van der Waals surface area contributed by atoms with Gasteiger partial charge in [0, 0.05) is 28.1 Å². The molecule has 3 aromatic rings. The van der Waals surface area contributed by atoms with Gasteiger partial charge >= 0.3 is 0 Å². The topological polar surface area (TPSA) is 71.1 Å². The molecule has 1 saturated carbocycles. The van der Waals surface area contributed by atoms with Gasteiger partial charge in [-0.1, -0.05) is 36.8 Å². The zero-order chi connectivity index (χ0) is 18.6. The fraction of sp³-hybridized carbons (Fsp3) is 0.190. The summed E-state index contributed by atoms with van der Waals surface area (Å²) in [5.41, 5.74) is 3.09. The van der Waals surface area contributed by atoms with Crippen LogP contribution in [0.5, 0.6) is 0 Å². The second-order valence-electron chi connectivity index (χ2n) is 6.55. The van der Waals surface area contributed by atoms with Crippen molar-refractivity contribution >= 4 is 34.0 Å². The Morgan fingerprint density at radius 2 is 1.70 bits per heavy atom. The van der Waals surface area contributed by atoms with Gasteiger partial charge in [-0.15, -0.1) is 11.3 Å². The van der Waals surface area contributed by atoms with E-state index in [1.807, 2.05) is 47.8 Å². The highest BCUT2D eigenvalue weighted by molar-refractivity contribution is 7.14. The normalized spacial score (nSPS) is 13.6. The lowest BCUT2D eigenvalue weighted by atomic mass is 9.85. The molecule has 0 aliphatic heterocycles. The summed E-state index contributed by atoms with van der Waals surface area (Å²) in [6, 6.07) is 16.6. The van der Waals surface area contributed by atoms with Gasteiger partial charge in [-0.3, -0.25) is 9.59 Å². The molecule has 1 fully saturated rings. The second-order valence-corrected chi connectivity index (χ2v) is 7.41. The first kappa shape index (κ1) is 17.4. The second kappa shape index (κ2) is 7.72. The minimum Gasteiger partial charge on any atom is -0.322 e. The van der Waals surface area contributed by atoms with Gasteiger partial charge in [0.05, 0.1) is 5.69 Å². The number of anilines is 2. The maximum Gasteiger partial charge on any atom is 0.255 e. The minimum atomic E-state index is -0.141. The Hall–Kier alpha value is -2.99. The molecule has 27 heavy (non-hydrogen) atoms. The van der Waals surface area contributed by atoms with Crippen molar-refractivity contribution in [1.82, 2.24) is 4.98 Å². The lowest BCUT2D eigenvalue weighted by molar-refractivity contribution is -0.122. The molecule has 0 atom stereocenters. The van der Waals surface area contributed by atoms with E-state index in [2.05, 4.69) is 15.6 Å². The third-order valence-electron chi connectivity index (χ3n) is 4.68. The molecule has 1 aliphatic rings. The molecule has 0 unspecified atom stereocenters. The summed E-state index contributed by atoms with van der Waals surface area (Å²) in [6.07, 6.45) is 3.08. The maximum absolute atomic E-state index is 12.2. The van der Waals surface area contributed by atoms with Crippen molar-refractivity contribution in [2.45, 2.75) is 19.3 Å². The number of thiazole rings is 1. The molecule has 0 spiro atoms. The van der Waals surface area contributed by atoms with E-state index >= 15 is 0 Å². The SMILES string of the molecule is O=C(Nc1ccc(-c2csc(NC(=O)C3CCC3)n2)cc1)c1ccccc1. The third-order valence-corrected chi connectivity index (χ3v) is 5.44. The highest BCUT2D eigenvalue weighted by atomic mass is 32.1. The highest BCUT2D eigenvalue weighted by Crippen LogP contribution is 2.30. The van der Waals surface area contributed by atoms with Gasteiger partial charge in [-0.25, -0.2) is 4.98 Å². The number of carbonyl (C=O) groups excluding carboxylic acids is 2. The first-order valence-corrected chi connectivity index (χ1v) is 9.80. The van der Waals surface area contributed by atoms with Gasteiger partial charge in [0.25, 0.3) is 5.91 Å². The summed E-state index contributed by atoms with van der Waals surface area (Å²) in [5.74, 6) is 0.0731. The van der Waals surface area contributed by atoms with Gasteiger partial charge in [-0.05, 0) is 37.1 Å². The number of hydrogen-bond acceptors (Lipinski definition) is 4. The first-order valence-electron chi connectivity index (χ1n) is 8.92. The number of benzene rings is 2. The van der Waals surface area contributed by atoms with Gasteiger partial charge < -0.3 is 10.6 Å². The molecule has 136 valence electrons. The lowest BCUT2D eigenvalue weighted by Gasteiger charge is -2.23. The summed E-state index contributed by atoms with van der Waals surface area (Å²) in [7, 11) is 0. The molecular weight excluding hydrogens is 358 g/mol. The predicted octanol–water partition coefficient (Wildman–Crippen LogP) is 4.80. The largest absolute Gasteiger partial charge is 0.322 e. The van der Waals surface area contributed by atoms with E-state index in [1.54, 1.807) is 12.1 Å². The van der Waals surface area contributed by atoms with E-state index < -0.39 is 0 Å². The van der Waals surface area contributed by atoms with Gasteiger partial charge in [0.15, 0.2) is 5.13 Å². The number of amides is 2. The van der Waals surface area contributed by atoms with Crippen LogP contribution in [0, 0.1) is 5.92 Å². The van der Waals surface area contributed by atoms with Gasteiger partial charge in [-0.2, -0.15) is 0 Å². The van der Waals surface area contributed by atoms with Gasteiger partial charge in [0.1, 0.15) is 0 Å². The molecule has 2 amide bonds. The number of nitrogens with zero attached hydrogens (tertiary/aromatic N) is 1. The Kier molecular flexibility index (Phi) is 4.98. The van der Waals surface area contributed by atoms with E-state index in [-0.39, 0.29) is 17.7 Å². The predicted molar refractivity (Wildman–Crippen MR) is 108 cm³/mol. The quantitative estimate of drug-likeness (QED) is 0.671. The molecule has 2 aromatic carbocycles. The Bertz CT molecular complexity index is 947. The molecular formula is C21H19N3O2S. The smallest absolute Gasteiger partial charge is 0.255 e. The number of aromatic nitrogens is 1. The van der Waals surface area contributed by atoms with Crippen LogP contribution in [0.25, 0.3) is 11.3 Å². The highest BCUT2D eigenvalue weighted by Gasteiger charge is 2.25. The van der Waals surface area contributed by atoms with Crippen LogP contribution in [0.15, 0.2) is 60.0 Å². The van der Waals surface area contributed by atoms with Gasteiger partial charge in [0.2, 0.25) is 5.91 Å². The third kappa shape index (κ3) is 4.06. The van der Waals surface area contributed by atoms with Crippen LogP contribution in [0.3, 0.4) is 0 Å². The fourth-order valence-electron chi connectivity index (χ4n) is 2.86. The Balaban J connectivity index is 1.40. The maximum atomic E-state index is 12.2. The van der Waals surface area contributed by atoms with Crippen molar-refractivity contribution in [1.29, 1.82) is 0 Å². The molecule has 0 radical (unpaired) electrons. The standard InChI is InChI=1S/C21H19N3O2S/c25-19(15-5-2-1-3-6-15)22-17-11-9-14(10-12-17)18-13-27-21(23-18)24-20(26)16-7-4-8-16/h1-3,5-6,9-13,16H,4,7-8H2,(H,22,25)(H,23,24,26). The van der Waals surface area contributed by atoms with Crippen molar-refractivity contribution in [2.24, 2.45) is 5.92 Å². The van der Waals surface area contributed by atoms with Crippen LogP contribution in [0.4, 0.5) is 10.8 Å². The van der Waals surface area contributed by atoms with Crippen LogP contribution >= 0.6 is 11.3 Å². The zero-order valence-corrected chi connectivity index (χ0v) is 15.5. The van der Waals surface area contributed by atoms with Crippen LogP contribution in [-0.2, 0) is 4.79 Å². The molecule has 1 aromatic heterocycles. The van der Waals surface area contributed by atoms with E-state index in [4.69, 9.17) is 0 Å². The van der Waals surface area contributed by atoms with Crippen molar-refractivity contribution in [2.75, 3.05) is 10.6 Å². The number of rotatable bonds is 5. The Morgan fingerprint density at radius 3 is 2.37 bits per heavy atom. The van der Waals surface area contributed by atoms with Crippen molar-refractivity contribution in [3.05, 3.63) is 65.5 Å². The molecule has 6 heteroatoms. The van der Waals surface area contributed by atoms with E-state index in [0.29, 0.717) is 10.7 Å². The molecule has 2 N–H and O–H groups in total. The molecule has 0 bridgehead atoms. The average Bonchev–Trinajstić information content (AvgIpc) is 3.10. The summed E-state index contributed by atoms with van der Waals surface area (Å²) in [4.78, 5) is 28.7. The minimum absolute atomic E-state index is 0.0705. The van der Waals surface area contributed by atoms with E-state index in [9.17, 15) is 9.59 Å². The molecule has 0 saturated heterocycles. The Labute approximate surface area is 161 Å². The van der Waals surface area contributed by atoms with Crippen molar-refractivity contribution < 1.29 is 9.59 Å². The zero-order valence-electron chi connectivity index (χ0n) is 14.6. The lowest BCUT2D eigenvalue weighted by Crippen LogP contribution is -2.27. The average molecular weight is 377 g/mol.